The van der Waals surface area contributed by atoms with Crippen LogP contribution in [0.1, 0.15) is 53.6 Å². The maximum Gasteiger partial charge on any atom is 0.255 e. The number of rotatable bonds is 5. The average molecular weight is 411 g/mol. The zero-order valence-electron chi connectivity index (χ0n) is 17.4. The first-order valence-corrected chi connectivity index (χ1v) is 11.3. The molecule has 4 heterocycles. The molecule has 0 aromatic heterocycles. The molecule has 4 aliphatic heterocycles. The number of carbonyl (C=O) groups is 3. The van der Waals surface area contributed by atoms with E-state index in [4.69, 9.17) is 0 Å². The molecule has 7 heteroatoms. The van der Waals surface area contributed by atoms with Crippen molar-refractivity contribution >= 4 is 17.7 Å². The number of fused-ring (bicyclic) bond motifs is 1. The standard InChI is InChI=1S/C23H30N4O3/c28-20-5-4-19(22(29)25-20)27-14-18-3-1-2-17(21(18)23(27)30)13-26-8-6-15(7-9-26)10-16-11-24-12-16/h1-3,15-16,19,24H,4-14H2,(H,25,28,29). The maximum atomic E-state index is 13.2. The van der Waals surface area contributed by atoms with Crippen LogP contribution in [0, 0.1) is 11.8 Å². The third kappa shape index (κ3) is 3.76. The number of piperidine rings is 2. The molecule has 2 N–H and O–H groups in total. The van der Waals surface area contributed by atoms with Crippen LogP contribution in [-0.4, -0.2) is 59.7 Å². The minimum absolute atomic E-state index is 0.0672. The van der Waals surface area contributed by atoms with Crippen molar-refractivity contribution in [1.29, 1.82) is 0 Å². The number of benzene rings is 1. The Morgan fingerprint density at radius 2 is 1.80 bits per heavy atom. The lowest BCUT2D eigenvalue weighted by Crippen LogP contribution is -2.52. The van der Waals surface area contributed by atoms with Crippen molar-refractivity contribution in [2.24, 2.45) is 11.8 Å². The Kier molecular flexibility index (Phi) is 5.33. The molecular formula is C23H30N4O3. The summed E-state index contributed by atoms with van der Waals surface area (Å²) in [7, 11) is 0. The van der Waals surface area contributed by atoms with Crippen LogP contribution in [0.5, 0.6) is 0 Å². The van der Waals surface area contributed by atoms with E-state index in [-0.39, 0.29) is 24.1 Å². The molecule has 30 heavy (non-hydrogen) atoms. The van der Waals surface area contributed by atoms with Gasteiger partial charge < -0.3 is 10.2 Å². The summed E-state index contributed by atoms with van der Waals surface area (Å²) in [4.78, 5) is 41.1. The first kappa shape index (κ1) is 19.7. The quantitative estimate of drug-likeness (QED) is 0.715. The molecule has 1 aromatic carbocycles. The number of hydrogen-bond acceptors (Lipinski definition) is 5. The van der Waals surface area contributed by atoms with E-state index in [0.717, 1.165) is 48.2 Å². The summed E-state index contributed by atoms with van der Waals surface area (Å²) >= 11 is 0. The lowest BCUT2D eigenvalue weighted by atomic mass is 9.84. The van der Waals surface area contributed by atoms with Crippen LogP contribution in [0.2, 0.25) is 0 Å². The maximum absolute atomic E-state index is 13.2. The monoisotopic (exact) mass is 410 g/mol. The molecule has 4 aliphatic rings. The molecule has 0 radical (unpaired) electrons. The largest absolute Gasteiger partial charge is 0.322 e. The Hall–Kier alpha value is -2.25. The van der Waals surface area contributed by atoms with Crippen LogP contribution in [0.3, 0.4) is 0 Å². The SMILES string of the molecule is O=C1CCC(N2Cc3cccc(CN4CCC(CC5CNC5)CC4)c3C2=O)C(=O)N1. The van der Waals surface area contributed by atoms with Gasteiger partial charge in [-0.25, -0.2) is 0 Å². The highest BCUT2D eigenvalue weighted by Gasteiger charge is 2.40. The number of imide groups is 1. The summed E-state index contributed by atoms with van der Waals surface area (Å²) < 4.78 is 0. The van der Waals surface area contributed by atoms with Gasteiger partial charge in [-0.2, -0.15) is 0 Å². The highest BCUT2D eigenvalue weighted by molar-refractivity contribution is 6.05. The zero-order chi connectivity index (χ0) is 20.7. The lowest BCUT2D eigenvalue weighted by molar-refractivity contribution is -0.136. The predicted octanol–water partition coefficient (Wildman–Crippen LogP) is 1.27. The summed E-state index contributed by atoms with van der Waals surface area (Å²) in [6.45, 7) is 5.77. The van der Waals surface area contributed by atoms with E-state index < -0.39 is 6.04 Å². The van der Waals surface area contributed by atoms with E-state index >= 15 is 0 Å². The van der Waals surface area contributed by atoms with Gasteiger partial charge >= 0.3 is 0 Å². The molecule has 7 nitrogen and oxygen atoms in total. The molecule has 0 spiro atoms. The summed E-state index contributed by atoms with van der Waals surface area (Å²) in [6.07, 6.45) is 4.52. The Balaban J connectivity index is 1.24. The lowest BCUT2D eigenvalue weighted by Gasteiger charge is -2.36. The van der Waals surface area contributed by atoms with Gasteiger partial charge in [-0.3, -0.25) is 24.6 Å². The van der Waals surface area contributed by atoms with E-state index in [1.807, 2.05) is 12.1 Å². The minimum atomic E-state index is -0.549. The fraction of sp³-hybridized carbons (Fsp3) is 0.609. The van der Waals surface area contributed by atoms with E-state index in [9.17, 15) is 14.4 Å². The molecule has 0 aliphatic carbocycles. The van der Waals surface area contributed by atoms with Crippen LogP contribution < -0.4 is 10.6 Å². The van der Waals surface area contributed by atoms with Crippen molar-refractivity contribution in [2.75, 3.05) is 26.2 Å². The first-order valence-electron chi connectivity index (χ1n) is 11.3. The number of carbonyl (C=O) groups excluding carboxylic acids is 3. The van der Waals surface area contributed by atoms with Gasteiger partial charge in [0.15, 0.2) is 0 Å². The Labute approximate surface area is 177 Å². The van der Waals surface area contributed by atoms with Crippen LogP contribution in [-0.2, 0) is 22.7 Å². The average Bonchev–Trinajstić information content (AvgIpc) is 3.03. The Bertz CT molecular complexity index is 858. The molecule has 1 aromatic rings. The second-order valence-corrected chi connectivity index (χ2v) is 9.33. The highest BCUT2D eigenvalue weighted by Crippen LogP contribution is 2.32. The van der Waals surface area contributed by atoms with Crippen LogP contribution >= 0.6 is 0 Å². The molecule has 3 amide bonds. The van der Waals surface area contributed by atoms with Crippen molar-refractivity contribution in [3.05, 3.63) is 34.9 Å². The van der Waals surface area contributed by atoms with Crippen molar-refractivity contribution in [1.82, 2.24) is 20.4 Å². The molecule has 1 atom stereocenters. The second-order valence-electron chi connectivity index (χ2n) is 9.33. The molecule has 3 saturated heterocycles. The number of nitrogens with one attached hydrogen (secondary N) is 2. The van der Waals surface area contributed by atoms with Crippen molar-refractivity contribution in [3.63, 3.8) is 0 Å². The number of nitrogens with zero attached hydrogens (tertiary/aromatic N) is 2. The number of likely N-dealkylation sites (tertiary alicyclic amines) is 1. The summed E-state index contributed by atoms with van der Waals surface area (Å²) in [5.41, 5.74) is 2.83. The summed E-state index contributed by atoms with van der Waals surface area (Å²) in [5.74, 6) is 1.03. The third-order valence-electron chi connectivity index (χ3n) is 7.27. The minimum Gasteiger partial charge on any atom is -0.322 e. The topological polar surface area (TPSA) is 81.8 Å². The number of hydrogen-bond donors (Lipinski definition) is 2. The van der Waals surface area contributed by atoms with E-state index in [0.29, 0.717) is 13.0 Å². The van der Waals surface area contributed by atoms with Crippen molar-refractivity contribution in [2.45, 2.75) is 51.2 Å². The molecular weight excluding hydrogens is 380 g/mol. The number of amides is 3. The third-order valence-corrected chi connectivity index (χ3v) is 7.27. The fourth-order valence-electron chi connectivity index (χ4n) is 5.43. The highest BCUT2D eigenvalue weighted by atomic mass is 16.2. The Morgan fingerprint density at radius 1 is 1.00 bits per heavy atom. The van der Waals surface area contributed by atoms with Gasteiger partial charge in [-0.05, 0) is 74.8 Å². The van der Waals surface area contributed by atoms with Crippen molar-refractivity contribution < 1.29 is 14.4 Å². The van der Waals surface area contributed by atoms with Crippen molar-refractivity contribution in [3.8, 4) is 0 Å². The van der Waals surface area contributed by atoms with Crippen LogP contribution in [0.25, 0.3) is 0 Å². The zero-order valence-corrected chi connectivity index (χ0v) is 17.4. The molecule has 0 saturated carbocycles. The van der Waals surface area contributed by atoms with Gasteiger partial charge in [-0.1, -0.05) is 18.2 Å². The van der Waals surface area contributed by atoms with Gasteiger partial charge in [0.1, 0.15) is 6.04 Å². The van der Waals surface area contributed by atoms with E-state index in [1.165, 1.54) is 32.4 Å². The Morgan fingerprint density at radius 3 is 2.50 bits per heavy atom. The summed E-state index contributed by atoms with van der Waals surface area (Å²) in [6, 6.07) is 5.51. The molecule has 3 fully saturated rings. The smallest absolute Gasteiger partial charge is 0.255 e. The normalized spacial score (nSPS) is 25.9. The first-order chi connectivity index (χ1) is 14.6. The van der Waals surface area contributed by atoms with E-state index in [2.05, 4.69) is 21.6 Å². The molecule has 0 bridgehead atoms. The van der Waals surface area contributed by atoms with Gasteiger partial charge in [0.2, 0.25) is 11.8 Å². The fourth-order valence-corrected chi connectivity index (χ4v) is 5.43. The molecule has 160 valence electrons. The van der Waals surface area contributed by atoms with Gasteiger partial charge in [0, 0.05) is 25.1 Å². The van der Waals surface area contributed by atoms with Gasteiger partial charge in [0.25, 0.3) is 5.91 Å². The van der Waals surface area contributed by atoms with Gasteiger partial charge in [-0.15, -0.1) is 0 Å². The molecule has 5 rings (SSSR count). The van der Waals surface area contributed by atoms with Crippen LogP contribution in [0.4, 0.5) is 0 Å². The van der Waals surface area contributed by atoms with Gasteiger partial charge in [0.05, 0.1) is 0 Å². The van der Waals surface area contributed by atoms with E-state index in [1.54, 1.807) is 4.90 Å². The van der Waals surface area contributed by atoms with Crippen LogP contribution in [0.15, 0.2) is 18.2 Å². The second kappa shape index (κ2) is 8.12. The summed E-state index contributed by atoms with van der Waals surface area (Å²) in [5, 5.41) is 5.74. The predicted molar refractivity (Wildman–Crippen MR) is 111 cm³/mol. The molecule has 1 unspecified atom stereocenters.